The van der Waals surface area contributed by atoms with E-state index in [-0.39, 0.29) is 0 Å². The van der Waals surface area contributed by atoms with E-state index in [0.717, 1.165) is 18.5 Å². The van der Waals surface area contributed by atoms with Crippen LogP contribution in [0, 0.1) is 0 Å². The van der Waals surface area contributed by atoms with Gasteiger partial charge in [-0.2, -0.15) is 0 Å². The predicted molar refractivity (Wildman–Crippen MR) is 52.8 cm³/mol. The highest BCUT2D eigenvalue weighted by molar-refractivity contribution is 5.46. The average Bonchev–Trinajstić information content (AvgIpc) is 2.61. The molecule has 0 atom stereocenters. The first-order chi connectivity index (χ1) is 6.40. The van der Waals surface area contributed by atoms with Crippen molar-refractivity contribution in [2.75, 3.05) is 13.6 Å². The maximum absolute atomic E-state index is 4.07. The SMILES string of the molecule is CNCCc1ccn2cncc2c1. The minimum absolute atomic E-state index is 1.02. The summed E-state index contributed by atoms with van der Waals surface area (Å²) in [6.07, 6.45) is 6.81. The molecule has 0 radical (unpaired) electrons. The Morgan fingerprint density at radius 2 is 2.46 bits per heavy atom. The molecule has 0 aliphatic heterocycles. The second kappa shape index (κ2) is 3.58. The third kappa shape index (κ3) is 1.70. The van der Waals surface area contributed by atoms with Crippen molar-refractivity contribution in [2.24, 2.45) is 0 Å². The normalized spacial score (nSPS) is 10.8. The summed E-state index contributed by atoms with van der Waals surface area (Å²) in [4.78, 5) is 4.07. The smallest absolute Gasteiger partial charge is 0.0991 e. The zero-order valence-electron chi connectivity index (χ0n) is 7.70. The number of fused-ring (bicyclic) bond motifs is 1. The highest BCUT2D eigenvalue weighted by Crippen LogP contribution is 2.06. The summed E-state index contributed by atoms with van der Waals surface area (Å²) < 4.78 is 2.02. The van der Waals surface area contributed by atoms with Crippen LogP contribution >= 0.6 is 0 Å². The van der Waals surface area contributed by atoms with Gasteiger partial charge >= 0.3 is 0 Å². The molecule has 0 amide bonds. The second-order valence-corrected chi connectivity index (χ2v) is 3.11. The summed E-state index contributed by atoms with van der Waals surface area (Å²) in [5.41, 5.74) is 2.51. The Hall–Kier alpha value is -1.35. The van der Waals surface area contributed by atoms with Crippen molar-refractivity contribution in [3.8, 4) is 0 Å². The molecule has 0 unspecified atom stereocenters. The van der Waals surface area contributed by atoms with Crippen LogP contribution in [-0.4, -0.2) is 23.0 Å². The van der Waals surface area contributed by atoms with Crippen LogP contribution in [0.25, 0.3) is 5.52 Å². The number of aromatic nitrogens is 2. The Bertz CT molecular complexity index is 392. The van der Waals surface area contributed by atoms with Crippen molar-refractivity contribution in [3.63, 3.8) is 0 Å². The van der Waals surface area contributed by atoms with Gasteiger partial charge in [0.25, 0.3) is 0 Å². The van der Waals surface area contributed by atoms with Crippen LogP contribution in [-0.2, 0) is 6.42 Å². The second-order valence-electron chi connectivity index (χ2n) is 3.11. The lowest BCUT2D eigenvalue weighted by molar-refractivity contribution is 0.791. The quantitative estimate of drug-likeness (QED) is 0.756. The van der Waals surface area contributed by atoms with Gasteiger partial charge in [-0.1, -0.05) is 0 Å². The van der Waals surface area contributed by atoms with Gasteiger partial charge in [-0.05, 0) is 37.7 Å². The number of pyridine rings is 1. The van der Waals surface area contributed by atoms with Gasteiger partial charge in [0.1, 0.15) is 0 Å². The number of nitrogens with zero attached hydrogens (tertiary/aromatic N) is 2. The molecule has 2 aromatic rings. The summed E-state index contributed by atoms with van der Waals surface area (Å²) >= 11 is 0. The number of likely N-dealkylation sites (N-methyl/N-ethyl adjacent to an activating group) is 1. The minimum Gasteiger partial charge on any atom is -0.319 e. The van der Waals surface area contributed by atoms with Gasteiger partial charge < -0.3 is 9.72 Å². The molecule has 68 valence electrons. The van der Waals surface area contributed by atoms with E-state index in [0.29, 0.717) is 0 Å². The third-order valence-corrected chi connectivity index (χ3v) is 2.14. The van der Waals surface area contributed by atoms with Crippen LogP contribution in [0.4, 0.5) is 0 Å². The first-order valence-corrected chi connectivity index (χ1v) is 4.45. The van der Waals surface area contributed by atoms with Crippen LogP contribution in [0.15, 0.2) is 30.9 Å². The summed E-state index contributed by atoms with van der Waals surface area (Å²) in [6, 6.07) is 4.30. The fraction of sp³-hybridized carbons (Fsp3) is 0.300. The summed E-state index contributed by atoms with van der Waals surface area (Å²) in [5.74, 6) is 0. The molecule has 0 saturated carbocycles. The lowest BCUT2D eigenvalue weighted by atomic mass is 10.2. The van der Waals surface area contributed by atoms with Crippen molar-refractivity contribution < 1.29 is 0 Å². The van der Waals surface area contributed by atoms with Crippen LogP contribution in [0.5, 0.6) is 0 Å². The van der Waals surface area contributed by atoms with Crippen molar-refractivity contribution in [3.05, 3.63) is 36.4 Å². The Kier molecular flexibility index (Phi) is 2.27. The maximum Gasteiger partial charge on any atom is 0.0991 e. The van der Waals surface area contributed by atoms with Crippen molar-refractivity contribution in [1.82, 2.24) is 14.7 Å². The molecular formula is C10H13N3. The van der Waals surface area contributed by atoms with Gasteiger partial charge in [-0.3, -0.25) is 0 Å². The summed E-state index contributed by atoms with van der Waals surface area (Å²) in [5, 5.41) is 3.14. The Labute approximate surface area is 77.4 Å². The van der Waals surface area contributed by atoms with Crippen LogP contribution in [0.1, 0.15) is 5.56 Å². The largest absolute Gasteiger partial charge is 0.319 e. The topological polar surface area (TPSA) is 29.3 Å². The Morgan fingerprint density at radius 3 is 3.31 bits per heavy atom. The summed E-state index contributed by atoms with van der Waals surface area (Å²) in [6.45, 7) is 1.02. The number of rotatable bonds is 3. The Morgan fingerprint density at radius 1 is 1.54 bits per heavy atom. The standard InChI is InChI=1S/C10H13N3/c1-11-4-2-9-3-5-13-8-12-7-10(13)6-9/h3,5-8,11H,2,4H2,1H3. The van der Waals surface area contributed by atoms with Gasteiger partial charge in [-0.25, -0.2) is 4.98 Å². The molecule has 1 N–H and O–H groups in total. The van der Waals surface area contributed by atoms with Crippen LogP contribution in [0.3, 0.4) is 0 Å². The molecule has 13 heavy (non-hydrogen) atoms. The zero-order valence-corrected chi connectivity index (χ0v) is 7.70. The van der Waals surface area contributed by atoms with E-state index in [1.807, 2.05) is 30.2 Å². The molecule has 2 rings (SSSR count). The molecule has 0 saturated heterocycles. The minimum atomic E-state index is 1.02. The van der Waals surface area contributed by atoms with E-state index in [2.05, 4.69) is 22.4 Å². The molecule has 0 aliphatic carbocycles. The van der Waals surface area contributed by atoms with Gasteiger partial charge in [0.05, 0.1) is 18.0 Å². The van der Waals surface area contributed by atoms with Gasteiger partial charge in [-0.15, -0.1) is 0 Å². The van der Waals surface area contributed by atoms with E-state index >= 15 is 0 Å². The van der Waals surface area contributed by atoms with Crippen LogP contribution in [0.2, 0.25) is 0 Å². The molecule has 0 fully saturated rings. The molecule has 0 bridgehead atoms. The monoisotopic (exact) mass is 175 g/mol. The Balaban J connectivity index is 2.26. The van der Waals surface area contributed by atoms with Crippen molar-refractivity contribution in [2.45, 2.75) is 6.42 Å². The number of nitrogens with one attached hydrogen (secondary N) is 1. The molecule has 2 aromatic heterocycles. The van der Waals surface area contributed by atoms with Gasteiger partial charge in [0, 0.05) is 6.20 Å². The number of hydrogen-bond donors (Lipinski definition) is 1. The lowest BCUT2D eigenvalue weighted by Gasteiger charge is -2.01. The predicted octanol–water partition coefficient (Wildman–Crippen LogP) is 1.10. The van der Waals surface area contributed by atoms with Crippen molar-refractivity contribution >= 4 is 5.52 Å². The highest BCUT2D eigenvalue weighted by atomic mass is 15.0. The molecule has 0 aliphatic rings. The van der Waals surface area contributed by atoms with Crippen molar-refractivity contribution in [1.29, 1.82) is 0 Å². The molecule has 3 heteroatoms. The summed E-state index contributed by atoms with van der Waals surface area (Å²) in [7, 11) is 1.97. The molecule has 3 nitrogen and oxygen atoms in total. The maximum atomic E-state index is 4.07. The van der Waals surface area contributed by atoms with E-state index < -0.39 is 0 Å². The first kappa shape index (κ1) is 8.26. The highest BCUT2D eigenvalue weighted by Gasteiger charge is 1.95. The van der Waals surface area contributed by atoms with Gasteiger partial charge in [0.15, 0.2) is 0 Å². The third-order valence-electron chi connectivity index (χ3n) is 2.14. The van der Waals surface area contributed by atoms with E-state index in [4.69, 9.17) is 0 Å². The number of hydrogen-bond acceptors (Lipinski definition) is 2. The molecule has 2 heterocycles. The van der Waals surface area contributed by atoms with E-state index in [1.54, 1.807) is 0 Å². The van der Waals surface area contributed by atoms with E-state index in [9.17, 15) is 0 Å². The molecular weight excluding hydrogens is 162 g/mol. The molecule has 0 aromatic carbocycles. The first-order valence-electron chi connectivity index (χ1n) is 4.45. The zero-order chi connectivity index (χ0) is 9.10. The lowest BCUT2D eigenvalue weighted by Crippen LogP contribution is -2.10. The fourth-order valence-corrected chi connectivity index (χ4v) is 1.39. The average molecular weight is 175 g/mol. The van der Waals surface area contributed by atoms with E-state index in [1.165, 1.54) is 5.56 Å². The van der Waals surface area contributed by atoms with Gasteiger partial charge in [0.2, 0.25) is 0 Å². The fourth-order valence-electron chi connectivity index (χ4n) is 1.39. The number of imidazole rings is 1. The molecule has 0 spiro atoms. The van der Waals surface area contributed by atoms with Crippen LogP contribution < -0.4 is 5.32 Å².